The summed E-state index contributed by atoms with van der Waals surface area (Å²) in [6, 6.07) is 8.38. The van der Waals surface area contributed by atoms with Gasteiger partial charge in [0.15, 0.2) is 0 Å². The van der Waals surface area contributed by atoms with Crippen LogP contribution in [0.15, 0.2) is 30.5 Å². The van der Waals surface area contributed by atoms with E-state index in [1.807, 2.05) is 12.1 Å². The molecule has 1 atom stereocenters. The average Bonchev–Trinajstić information content (AvgIpc) is 3.11. The molecule has 0 aliphatic carbocycles. The molecule has 152 valence electrons. The van der Waals surface area contributed by atoms with Crippen LogP contribution in [0.25, 0.3) is 5.69 Å². The van der Waals surface area contributed by atoms with E-state index < -0.39 is 5.97 Å². The zero-order valence-corrected chi connectivity index (χ0v) is 17.1. The van der Waals surface area contributed by atoms with Crippen molar-refractivity contribution in [3.63, 3.8) is 0 Å². The molecule has 1 aliphatic heterocycles. The highest BCUT2D eigenvalue weighted by atomic mass is 16.5. The summed E-state index contributed by atoms with van der Waals surface area (Å²) in [6.07, 6.45) is 1.52. The van der Waals surface area contributed by atoms with Gasteiger partial charge in [-0.15, -0.1) is 0 Å². The number of benzene rings is 1. The Morgan fingerprint density at radius 2 is 2.07 bits per heavy atom. The van der Waals surface area contributed by atoms with E-state index in [4.69, 9.17) is 9.47 Å². The molecule has 28 heavy (non-hydrogen) atoms. The Labute approximate surface area is 166 Å². The van der Waals surface area contributed by atoms with Gasteiger partial charge in [0.25, 0.3) is 0 Å². The fourth-order valence-electron chi connectivity index (χ4n) is 3.23. The summed E-state index contributed by atoms with van der Waals surface area (Å²) in [4.78, 5) is 14.7. The maximum atomic E-state index is 12.4. The van der Waals surface area contributed by atoms with Gasteiger partial charge >= 0.3 is 5.97 Å². The molecule has 2 aromatic rings. The number of rotatable bonds is 7. The van der Waals surface area contributed by atoms with E-state index in [0.717, 1.165) is 25.3 Å². The molecule has 1 unspecified atom stereocenters. The van der Waals surface area contributed by atoms with Gasteiger partial charge in [0.2, 0.25) is 5.88 Å². The van der Waals surface area contributed by atoms with Gasteiger partial charge in [0.05, 0.1) is 24.5 Å². The number of piperazine rings is 1. The third-order valence-corrected chi connectivity index (χ3v) is 5.08. The Morgan fingerprint density at radius 1 is 1.32 bits per heavy atom. The van der Waals surface area contributed by atoms with Crippen molar-refractivity contribution in [2.45, 2.75) is 32.7 Å². The van der Waals surface area contributed by atoms with E-state index in [0.29, 0.717) is 30.6 Å². The minimum Gasteiger partial charge on any atom is -0.475 e. The lowest BCUT2D eigenvalue weighted by Gasteiger charge is -2.32. The largest absolute Gasteiger partial charge is 0.475 e. The van der Waals surface area contributed by atoms with E-state index in [2.05, 4.69) is 48.3 Å². The molecule has 0 saturated carbocycles. The lowest BCUT2D eigenvalue weighted by atomic mass is 10.0. The molecule has 1 N–H and O–H groups in total. The summed E-state index contributed by atoms with van der Waals surface area (Å²) < 4.78 is 13.0. The van der Waals surface area contributed by atoms with Crippen molar-refractivity contribution in [2.75, 3.05) is 39.9 Å². The maximum Gasteiger partial charge on any atom is 0.345 e. The molecular formula is C21H30N4O3. The van der Waals surface area contributed by atoms with Crippen LogP contribution < -0.4 is 10.1 Å². The molecule has 1 aromatic carbocycles. The second-order valence-electron chi connectivity index (χ2n) is 7.39. The van der Waals surface area contributed by atoms with Crippen molar-refractivity contribution in [3.8, 4) is 11.6 Å². The lowest BCUT2D eigenvalue weighted by Crippen LogP contribution is -2.51. The molecule has 2 heterocycles. The number of nitrogens with one attached hydrogen (secondary N) is 1. The zero-order valence-electron chi connectivity index (χ0n) is 17.1. The minimum atomic E-state index is -0.419. The highest BCUT2D eigenvalue weighted by Gasteiger charge is 2.24. The molecular weight excluding hydrogens is 356 g/mol. The highest BCUT2D eigenvalue weighted by molar-refractivity contribution is 5.92. The van der Waals surface area contributed by atoms with Crippen LogP contribution in [0.3, 0.4) is 0 Å². The van der Waals surface area contributed by atoms with Gasteiger partial charge in [-0.25, -0.2) is 9.48 Å². The average molecular weight is 386 g/mol. The number of aromatic nitrogens is 2. The van der Waals surface area contributed by atoms with Crippen molar-refractivity contribution in [2.24, 2.45) is 0 Å². The molecule has 0 bridgehead atoms. The highest BCUT2D eigenvalue weighted by Crippen LogP contribution is 2.25. The number of hydrogen-bond donors (Lipinski definition) is 1. The van der Waals surface area contributed by atoms with E-state index in [1.165, 1.54) is 11.8 Å². The smallest absolute Gasteiger partial charge is 0.345 e. The molecule has 3 rings (SSSR count). The Bertz CT molecular complexity index is 785. The molecule has 7 nitrogen and oxygen atoms in total. The van der Waals surface area contributed by atoms with Gasteiger partial charge in [0, 0.05) is 19.6 Å². The van der Waals surface area contributed by atoms with Crippen LogP contribution >= 0.6 is 0 Å². The molecule has 0 radical (unpaired) electrons. The second kappa shape index (κ2) is 9.21. The van der Waals surface area contributed by atoms with Gasteiger partial charge in [-0.3, -0.25) is 4.90 Å². The summed E-state index contributed by atoms with van der Waals surface area (Å²) in [7, 11) is 2.09. The number of carbonyl (C=O) groups is 1. The molecule has 0 spiro atoms. The van der Waals surface area contributed by atoms with Crippen LogP contribution in [0.2, 0.25) is 0 Å². The Balaban J connectivity index is 1.87. The summed E-state index contributed by atoms with van der Waals surface area (Å²) in [5, 5.41) is 7.79. The summed E-state index contributed by atoms with van der Waals surface area (Å²) in [5.41, 5.74) is 2.45. The first kappa shape index (κ1) is 20.4. The lowest BCUT2D eigenvalue weighted by molar-refractivity contribution is 0.0518. The Morgan fingerprint density at radius 3 is 2.71 bits per heavy atom. The molecule has 1 aliphatic rings. The van der Waals surface area contributed by atoms with Crippen LogP contribution in [-0.2, 0) is 4.74 Å². The predicted molar refractivity (Wildman–Crippen MR) is 108 cm³/mol. The number of nitrogens with zero attached hydrogens (tertiary/aromatic N) is 3. The number of likely N-dealkylation sites (N-methyl/N-ethyl adjacent to an activating group) is 1. The van der Waals surface area contributed by atoms with Gasteiger partial charge in [0.1, 0.15) is 12.2 Å². The molecule has 1 saturated heterocycles. The van der Waals surface area contributed by atoms with Crippen molar-refractivity contribution in [1.82, 2.24) is 20.0 Å². The predicted octanol–water partition coefficient (Wildman–Crippen LogP) is 2.45. The first-order valence-corrected chi connectivity index (χ1v) is 9.90. The van der Waals surface area contributed by atoms with Crippen LogP contribution in [0.5, 0.6) is 5.88 Å². The normalized spacial score (nSPS) is 17.7. The summed E-state index contributed by atoms with van der Waals surface area (Å²) in [6.45, 7) is 9.66. The van der Waals surface area contributed by atoms with Crippen molar-refractivity contribution >= 4 is 5.97 Å². The Hall–Kier alpha value is -2.38. The van der Waals surface area contributed by atoms with Crippen LogP contribution in [0, 0.1) is 0 Å². The second-order valence-corrected chi connectivity index (χ2v) is 7.39. The van der Waals surface area contributed by atoms with Gasteiger partial charge in [-0.05, 0) is 37.6 Å². The molecule has 1 fully saturated rings. The third kappa shape index (κ3) is 4.54. The molecule has 0 amide bonds. The van der Waals surface area contributed by atoms with Crippen molar-refractivity contribution in [1.29, 1.82) is 0 Å². The van der Waals surface area contributed by atoms with E-state index in [1.54, 1.807) is 11.6 Å². The van der Waals surface area contributed by atoms with Crippen molar-refractivity contribution < 1.29 is 14.3 Å². The molecule has 7 heteroatoms. The first-order valence-electron chi connectivity index (χ1n) is 9.90. The third-order valence-electron chi connectivity index (χ3n) is 5.08. The monoisotopic (exact) mass is 386 g/mol. The quantitative estimate of drug-likeness (QED) is 0.738. The maximum absolute atomic E-state index is 12.4. The fraction of sp³-hybridized carbons (Fsp3) is 0.524. The topological polar surface area (TPSA) is 68.6 Å². The van der Waals surface area contributed by atoms with Crippen molar-refractivity contribution in [3.05, 3.63) is 41.6 Å². The van der Waals surface area contributed by atoms with E-state index in [-0.39, 0.29) is 6.04 Å². The van der Waals surface area contributed by atoms with E-state index in [9.17, 15) is 4.79 Å². The number of hydrogen-bond acceptors (Lipinski definition) is 6. The van der Waals surface area contributed by atoms with Gasteiger partial charge in [-0.1, -0.05) is 26.0 Å². The first-order chi connectivity index (χ1) is 13.5. The van der Waals surface area contributed by atoms with Gasteiger partial charge in [-0.2, -0.15) is 5.10 Å². The minimum absolute atomic E-state index is 0.232. The van der Waals surface area contributed by atoms with Gasteiger partial charge < -0.3 is 14.8 Å². The SMILES string of the molecule is CCOC(=O)c1cnn(-c2ccc(C(C)C)cc2)c1OCC1CNCCN1C. The van der Waals surface area contributed by atoms with Crippen LogP contribution in [0.1, 0.15) is 42.6 Å². The Kier molecular flexibility index (Phi) is 6.70. The van der Waals surface area contributed by atoms with E-state index >= 15 is 0 Å². The summed E-state index contributed by atoms with van der Waals surface area (Å²) in [5.74, 6) is 0.458. The zero-order chi connectivity index (χ0) is 20.1. The molecule has 1 aromatic heterocycles. The fourth-order valence-corrected chi connectivity index (χ4v) is 3.23. The number of carbonyl (C=O) groups excluding carboxylic acids is 1. The van der Waals surface area contributed by atoms with Crippen LogP contribution in [-0.4, -0.2) is 66.6 Å². The number of esters is 1. The summed E-state index contributed by atoms with van der Waals surface area (Å²) >= 11 is 0. The van der Waals surface area contributed by atoms with Crippen LogP contribution in [0.4, 0.5) is 0 Å². The number of ether oxygens (including phenoxy) is 2. The standard InChI is InChI=1S/C21H30N4O3/c1-5-27-21(26)19-13-23-25(17-8-6-16(7-9-17)15(2)3)20(19)28-14-18-12-22-10-11-24(18)4/h6-9,13,15,18,22H,5,10-12,14H2,1-4H3.